The summed E-state index contributed by atoms with van der Waals surface area (Å²) in [5.41, 5.74) is 0.501. The largest absolute Gasteiger partial charge is 0.379 e. The average molecular weight is 283 g/mol. The lowest BCUT2D eigenvalue weighted by Crippen LogP contribution is -2.12. The van der Waals surface area contributed by atoms with Gasteiger partial charge < -0.3 is 5.32 Å². The summed E-state index contributed by atoms with van der Waals surface area (Å²) >= 11 is 5.87. The topological polar surface area (TPSA) is 55.2 Å². The molecule has 1 aromatic rings. The maximum absolute atomic E-state index is 11.0. The number of rotatable bonds is 5. The Kier molecular flexibility index (Phi) is 5.02. The van der Waals surface area contributed by atoms with Gasteiger partial charge in [-0.2, -0.15) is 0 Å². The Morgan fingerprint density at radius 1 is 1.32 bits per heavy atom. The van der Waals surface area contributed by atoms with E-state index in [4.69, 9.17) is 11.6 Å². The summed E-state index contributed by atoms with van der Waals surface area (Å²) in [7, 11) is 0. The van der Waals surface area contributed by atoms with Gasteiger partial charge in [0, 0.05) is 6.54 Å². The van der Waals surface area contributed by atoms with Crippen LogP contribution in [0.25, 0.3) is 0 Å². The van der Waals surface area contributed by atoms with Crippen molar-refractivity contribution in [3.63, 3.8) is 0 Å². The first-order chi connectivity index (χ1) is 9.18. The Hall–Kier alpha value is -1.29. The van der Waals surface area contributed by atoms with Crippen molar-refractivity contribution in [2.75, 3.05) is 11.9 Å². The highest BCUT2D eigenvalue weighted by atomic mass is 35.5. The Morgan fingerprint density at radius 3 is 2.74 bits per heavy atom. The molecule has 0 heterocycles. The molecule has 0 radical (unpaired) electrons. The lowest BCUT2D eigenvalue weighted by Gasteiger charge is -2.21. The second-order valence-corrected chi connectivity index (χ2v) is 5.52. The van der Waals surface area contributed by atoms with Crippen molar-refractivity contribution in [1.29, 1.82) is 0 Å². The minimum Gasteiger partial charge on any atom is -0.379 e. The normalized spacial score (nSPS) is 16.3. The van der Waals surface area contributed by atoms with Crippen LogP contribution in [0.5, 0.6) is 0 Å². The molecular formula is C14H19ClN2O2. The van der Waals surface area contributed by atoms with Crippen LogP contribution in [-0.2, 0) is 0 Å². The molecule has 2 rings (SSSR count). The summed E-state index contributed by atoms with van der Waals surface area (Å²) in [6.45, 7) is 0.770. The fourth-order valence-corrected chi connectivity index (χ4v) is 2.97. The third-order valence-electron chi connectivity index (χ3n) is 3.76. The van der Waals surface area contributed by atoms with Gasteiger partial charge in [0.15, 0.2) is 0 Å². The maximum atomic E-state index is 11.0. The number of nitrogens with zero attached hydrogens (tertiary/aromatic N) is 1. The van der Waals surface area contributed by atoms with E-state index in [2.05, 4.69) is 5.32 Å². The number of hydrogen-bond donors (Lipinski definition) is 1. The second-order valence-electron chi connectivity index (χ2n) is 5.11. The van der Waals surface area contributed by atoms with Crippen LogP contribution in [0.2, 0.25) is 5.02 Å². The second kappa shape index (κ2) is 6.75. The van der Waals surface area contributed by atoms with Crippen LogP contribution in [0.4, 0.5) is 11.4 Å². The molecule has 4 nitrogen and oxygen atoms in total. The highest BCUT2D eigenvalue weighted by Gasteiger charge is 2.18. The fourth-order valence-electron chi connectivity index (χ4n) is 2.73. The molecule has 1 fully saturated rings. The van der Waals surface area contributed by atoms with Crippen LogP contribution in [0.3, 0.4) is 0 Å². The van der Waals surface area contributed by atoms with Gasteiger partial charge in [-0.15, -0.1) is 0 Å². The Balaban J connectivity index is 1.92. The van der Waals surface area contributed by atoms with E-state index >= 15 is 0 Å². The molecule has 0 saturated heterocycles. The number of benzene rings is 1. The van der Waals surface area contributed by atoms with Crippen molar-refractivity contribution in [2.24, 2.45) is 5.92 Å². The zero-order valence-electron chi connectivity index (χ0n) is 10.9. The van der Waals surface area contributed by atoms with Gasteiger partial charge >= 0.3 is 5.69 Å². The lowest BCUT2D eigenvalue weighted by atomic mass is 9.87. The van der Waals surface area contributed by atoms with Crippen LogP contribution < -0.4 is 5.32 Å². The van der Waals surface area contributed by atoms with Gasteiger partial charge in [0.05, 0.1) is 4.92 Å². The number of nitro benzene ring substituents is 1. The molecule has 0 spiro atoms. The molecule has 19 heavy (non-hydrogen) atoms. The molecule has 0 unspecified atom stereocenters. The first-order valence-electron chi connectivity index (χ1n) is 6.85. The summed E-state index contributed by atoms with van der Waals surface area (Å²) in [5.74, 6) is 0.763. The molecule has 5 heteroatoms. The average Bonchev–Trinajstić information content (AvgIpc) is 2.39. The van der Waals surface area contributed by atoms with Crippen molar-refractivity contribution in [1.82, 2.24) is 0 Å². The van der Waals surface area contributed by atoms with E-state index in [0.717, 1.165) is 18.9 Å². The molecule has 0 atom stereocenters. The number of para-hydroxylation sites is 1. The molecular weight excluding hydrogens is 264 g/mol. The number of nitro groups is 1. The highest BCUT2D eigenvalue weighted by molar-refractivity contribution is 6.33. The predicted molar refractivity (Wildman–Crippen MR) is 77.8 cm³/mol. The van der Waals surface area contributed by atoms with E-state index in [0.29, 0.717) is 5.69 Å². The predicted octanol–water partition coefficient (Wildman–Crippen LogP) is 4.63. The zero-order valence-corrected chi connectivity index (χ0v) is 11.7. The van der Waals surface area contributed by atoms with Crippen LogP contribution in [0, 0.1) is 16.0 Å². The van der Waals surface area contributed by atoms with Crippen molar-refractivity contribution in [3.05, 3.63) is 33.3 Å². The third kappa shape index (κ3) is 3.83. The maximum Gasteiger partial charge on any atom is 0.310 e. The van der Waals surface area contributed by atoms with Crippen LogP contribution in [-0.4, -0.2) is 11.5 Å². The summed E-state index contributed by atoms with van der Waals surface area (Å²) < 4.78 is 0. The van der Waals surface area contributed by atoms with Gasteiger partial charge in [-0.3, -0.25) is 10.1 Å². The quantitative estimate of drug-likeness (QED) is 0.633. The smallest absolute Gasteiger partial charge is 0.310 e. The standard InChI is InChI=1S/C14H19ClN2O2/c15-12-7-4-8-13(14(12)17(18)19)16-10-9-11-5-2-1-3-6-11/h4,7-8,11,16H,1-3,5-6,9-10H2. The van der Waals surface area contributed by atoms with Crippen molar-refractivity contribution in [2.45, 2.75) is 38.5 Å². The number of halogens is 1. The molecule has 1 aromatic carbocycles. The van der Waals surface area contributed by atoms with E-state index in [-0.39, 0.29) is 10.7 Å². The first kappa shape index (κ1) is 14.1. The van der Waals surface area contributed by atoms with Gasteiger partial charge in [-0.25, -0.2) is 0 Å². The first-order valence-corrected chi connectivity index (χ1v) is 7.23. The zero-order chi connectivity index (χ0) is 13.7. The van der Waals surface area contributed by atoms with Crippen molar-refractivity contribution in [3.8, 4) is 0 Å². The van der Waals surface area contributed by atoms with E-state index in [1.54, 1.807) is 18.2 Å². The van der Waals surface area contributed by atoms with E-state index < -0.39 is 4.92 Å². The summed E-state index contributed by atoms with van der Waals surface area (Å²) in [4.78, 5) is 10.6. The monoisotopic (exact) mass is 282 g/mol. The van der Waals surface area contributed by atoms with E-state index in [9.17, 15) is 10.1 Å². The Morgan fingerprint density at radius 2 is 2.05 bits per heavy atom. The van der Waals surface area contributed by atoms with Crippen molar-refractivity contribution >= 4 is 23.0 Å². The molecule has 0 aromatic heterocycles. The fraction of sp³-hybridized carbons (Fsp3) is 0.571. The Labute approximate surface area is 118 Å². The minimum absolute atomic E-state index is 0.0205. The van der Waals surface area contributed by atoms with Crippen LogP contribution in [0.1, 0.15) is 38.5 Å². The van der Waals surface area contributed by atoms with Gasteiger partial charge in [0.2, 0.25) is 0 Å². The highest BCUT2D eigenvalue weighted by Crippen LogP contribution is 2.32. The number of hydrogen-bond acceptors (Lipinski definition) is 3. The van der Waals surface area contributed by atoms with Crippen LogP contribution in [0.15, 0.2) is 18.2 Å². The van der Waals surface area contributed by atoms with E-state index in [1.807, 2.05) is 0 Å². The molecule has 1 aliphatic carbocycles. The third-order valence-corrected chi connectivity index (χ3v) is 4.07. The molecule has 1 saturated carbocycles. The molecule has 0 amide bonds. The van der Waals surface area contributed by atoms with Crippen molar-refractivity contribution < 1.29 is 4.92 Å². The SMILES string of the molecule is O=[N+]([O-])c1c(Cl)cccc1NCCC1CCCCC1. The molecule has 1 aliphatic rings. The number of anilines is 1. The lowest BCUT2D eigenvalue weighted by molar-refractivity contribution is -0.383. The van der Waals surface area contributed by atoms with Gasteiger partial charge in [-0.05, 0) is 24.5 Å². The van der Waals surface area contributed by atoms with Gasteiger partial charge in [0.25, 0.3) is 0 Å². The summed E-state index contributed by atoms with van der Waals surface area (Å²) in [6.07, 6.45) is 7.65. The minimum atomic E-state index is -0.425. The molecule has 0 bridgehead atoms. The van der Waals surface area contributed by atoms with Crippen LogP contribution >= 0.6 is 11.6 Å². The molecule has 104 valence electrons. The molecule has 0 aliphatic heterocycles. The van der Waals surface area contributed by atoms with Gasteiger partial charge in [-0.1, -0.05) is 49.8 Å². The summed E-state index contributed by atoms with van der Waals surface area (Å²) in [5, 5.41) is 14.3. The Bertz CT molecular complexity index is 445. The van der Waals surface area contributed by atoms with Gasteiger partial charge in [0.1, 0.15) is 10.7 Å². The molecule has 1 N–H and O–H groups in total. The van der Waals surface area contributed by atoms with E-state index in [1.165, 1.54) is 32.1 Å². The number of nitrogens with one attached hydrogen (secondary N) is 1. The summed E-state index contributed by atoms with van der Waals surface area (Å²) in [6, 6.07) is 5.00.